The number of carbonyl (C=O) groups is 2. The van der Waals surface area contributed by atoms with Crippen LogP contribution in [0.3, 0.4) is 0 Å². The number of hydrogen-bond acceptors (Lipinski definition) is 4. The summed E-state index contributed by atoms with van der Waals surface area (Å²) >= 11 is 0. The van der Waals surface area contributed by atoms with Gasteiger partial charge in [-0.15, -0.1) is 0 Å². The highest BCUT2D eigenvalue weighted by Gasteiger charge is 2.33. The fraction of sp³-hybridized carbons (Fsp3) is 0.375. The van der Waals surface area contributed by atoms with Crippen molar-refractivity contribution < 1.29 is 22.4 Å². The minimum Gasteiger partial charge on any atom is -0.350 e. The SMILES string of the molecule is Cc1ccc(S(=O)(=O)N(CC(=O)N(Cc2ccccc2F)C(C)C(=O)NC(C)(C)C)c2ccc(C(C)C)cc2)cc1. The summed E-state index contributed by atoms with van der Waals surface area (Å²) in [6.45, 7) is 12.1. The topological polar surface area (TPSA) is 86.8 Å². The van der Waals surface area contributed by atoms with Crippen molar-refractivity contribution in [3.63, 3.8) is 0 Å². The van der Waals surface area contributed by atoms with Crippen LogP contribution < -0.4 is 9.62 Å². The first-order valence-electron chi connectivity index (χ1n) is 13.6. The molecule has 220 valence electrons. The first-order valence-corrected chi connectivity index (χ1v) is 15.1. The van der Waals surface area contributed by atoms with E-state index >= 15 is 0 Å². The third-order valence-corrected chi connectivity index (χ3v) is 8.49. The van der Waals surface area contributed by atoms with Crippen molar-refractivity contribution in [3.05, 3.63) is 95.3 Å². The summed E-state index contributed by atoms with van der Waals surface area (Å²) in [4.78, 5) is 28.4. The van der Waals surface area contributed by atoms with Crippen LogP contribution >= 0.6 is 0 Å². The molecule has 1 atom stereocenters. The molecule has 2 amide bonds. The van der Waals surface area contributed by atoms with Crippen molar-refractivity contribution >= 4 is 27.5 Å². The summed E-state index contributed by atoms with van der Waals surface area (Å²) < 4.78 is 43.6. The molecule has 0 aromatic heterocycles. The molecule has 0 aliphatic carbocycles. The molecule has 0 spiro atoms. The third-order valence-electron chi connectivity index (χ3n) is 6.70. The van der Waals surface area contributed by atoms with E-state index in [4.69, 9.17) is 0 Å². The molecule has 1 unspecified atom stereocenters. The molecule has 0 fully saturated rings. The van der Waals surface area contributed by atoms with Crippen LogP contribution in [0.1, 0.15) is 64.2 Å². The number of sulfonamides is 1. The number of anilines is 1. The van der Waals surface area contributed by atoms with Crippen molar-refractivity contribution in [2.45, 2.75) is 77.4 Å². The Kier molecular flexibility index (Phi) is 9.97. The molecular formula is C32H40FN3O4S. The molecule has 0 aliphatic heterocycles. The quantitative estimate of drug-likeness (QED) is 0.329. The van der Waals surface area contributed by atoms with Crippen molar-refractivity contribution in [2.75, 3.05) is 10.8 Å². The van der Waals surface area contributed by atoms with Crippen LogP contribution in [0.15, 0.2) is 77.7 Å². The molecule has 3 rings (SSSR count). The molecule has 0 saturated carbocycles. The van der Waals surface area contributed by atoms with Crippen LogP contribution in [-0.4, -0.2) is 43.3 Å². The lowest BCUT2D eigenvalue weighted by atomic mass is 10.0. The van der Waals surface area contributed by atoms with Gasteiger partial charge >= 0.3 is 0 Å². The number of aryl methyl sites for hydroxylation is 1. The Morgan fingerprint density at radius 2 is 1.49 bits per heavy atom. The van der Waals surface area contributed by atoms with Gasteiger partial charge in [-0.05, 0) is 76.4 Å². The Morgan fingerprint density at radius 3 is 2.02 bits per heavy atom. The Morgan fingerprint density at radius 1 is 0.902 bits per heavy atom. The van der Waals surface area contributed by atoms with Crippen molar-refractivity contribution in [2.24, 2.45) is 0 Å². The van der Waals surface area contributed by atoms with E-state index in [2.05, 4.69) is 5.32 Å². The summed E-state index contributed by atoms with van der Waals surface area (Å²) in [7, 11) is -4.18. The van der Waals surface area contributed by atoms with Gasteiger partial charge in [0, 0.05) is 17.6 Å². The predicted molar refractivity (Wildman–Crippen MR) is 161 cm³/mol. The second-order valence-electron chi connectivity index (χ2n) is 11.6. The first-order chi connectivity index (χ1) is 19.1. The van der Waals surface area contributed by atoms with Crippen LogP contribution in [0.4, 0.5) is 10.1 Å². The molecule has 0 aliphatic rings. The van der Waals surface area contributed by atoms with Crippen LogP contribution in [0.25, 0.3) is 0 Å². The lowest BCUT2D eigenvalue weighted by Crippen LogP contribution is -2.54. The molecule has 0 saturated heterocycles. The summed E-state index contributed by atoms with van der Waals surface area (Å²) in [5, 5.41) is 2.86. The maximum Gasteiger partial charge on any atom is 0.264 e. The third kappa shape index (κ3) is 8.16. The molecular weight excluding hydrogens is 541 g/mol. The van der Waals surface area contributed by atoms with Gasteiger partial charge < -0.3 is 10.2 Å². The van der Waals surface area contributed by atoms with E-state index in [0.29, 0.717) is 5.69 Å². The highest BCUT2D eigenvalue weighted by atomic mass is 32.2. The van der Waals surface area contributed by atoms with Gasteiger partial charge in [0.15, 0.2) is 0 Å². The number of nitrogens with zero attached hydrogens (tertiary/aromatic N) is 2. The number of hydrogen-bond donors (Lipinski definition) is 1. The molecule has 7 nitrogen and oxygen atoms in total. The van der Waals surface area contributed by atoms with E-state index in [0.717, 1.165) is 15.4 Å². The summed E-state index contributed by atoms with van der Waals surface area (Å²) in [5.74, 6) is -1.38. The molecule has 0 radical (unpaired) electrons. The molecule has 9 heteroatoms. The summed E-state index contributed by atoms with van der Waals surface area (Å²) in [6, 6.07) is 18.4. The molecule has 0 heterocycles. The number of amides is 2. The van der Waals surface area contributed by atoms with E-state index in [-0.39, 0.29) is 22.9 Å². The second kappa shape index (κ2) is 12.9. The van der Waals surface area contributed by atoms with Gasteiger partial charge in [0.25, 0.3) is 10.0 Å². The van der Waals surface area contributed by atoms with E-state index in [1.54, 1.807) is 37.3 Å². The lowest BCUT2D eigenvalue weighted by Gasteiger charge is -2.33. The molecule has 3 aromatic carbocycles. The zero-order valence-corrected chi connectivity index (χ0v) is 25.6. The molecule has 0 bridgehead atoms. The highest BCUT2D eigenvalue weighted by Crippen LogP contribution is 2.27. The van der Waals surface area contributed by atoms with Crippen molar-refractivity contribution in [1.29, 1.82) is 0 Å². The van der Waals surface area contributed by atoms with Crippen LogP contribution in [0.5, 0.6) is 0 Å². The fourth-order valence-corrected chi connectivity index (χ4v) is 5.67. The van der Waals surface area contributed by atoms with Gasteiger partial charge in [-0.25, -0.2) is 12.8 Å². The standard InChI is InChI=1S/C32H40FN3O4S/c1-22(2)25-14-16-27(17-15-25)36(41(39,40)28-18-12-23(3)13-19-28)21-30(37)35(20-26-10-8-9-11-29(26)33)24(4)31(38)34-32(5,6)7/h8-19,22,24H,20-21H2,1-7H3,(H,34,38). The van der Waals surface area contributed by atoms with E-state index in [1.807, 2.05) is 53.7 Å². The zero-order chi connectivity index (χ0) is 30.5. The van der Waals surface area contributed by atoms with E-state index < -0.39 is 45.8 Å². The molecule has 1 N–H and O–H groups in total. The maximum atomic E-state index is 14.7. The van der Waals surface area contributed by atoms with Crippen LogP contribution in [0, 0.1) is 12.7 Å². The largest absolute Gasteiger partial charge is 0.350 e. The first kappa shape index (κ1) is 31.8. The fourth-order valence-electron chi connectivity index (χ4n) is 4.26. The Hall–Kier alpha value is -3.72. The number of halogens is 1. The molecule has 3 aromatic rings. The minimum absolute atomic E-state index is 0.0306. The lowest BCUT2D eigenvalue weighted by molar-refractivity contribution is -0.140. The Bertz CT molecular complexity index is 1460. The van der Waals surface area contributed by atoms with Gasteiger partial charge in [-0.1, -0.05) is 61.9 Å². The van der Waals surface area contributed by atoms with Gasteiger partial charge in [-0.2, -0.15) is 0 Å². The average Bonchev–Trinajstić information content (AvgIpc) is 2.90. The summed E-state index contributed by atoms with van der Waals surface area (Å²) in [6.07, 6.45) is 0. The summed E-state index contributed by atoms with van der Waals surface area (Å²) in [5.41, 5.74) is 1.85. The van der Waals surface area contributed by atoms with Gasteiger partial charge in [-0.3, -0.25) is 13.9 Å². The smallest absolute Gasteiger partial charge is 0.264 e. The number of carbonyl (C=O) groups excluding carboxylic acids is 2. The van der Waals surface area contributed by atoms with E-state index in [9.17, 15) is 22.4 Å². The number of benzene rings is 3. The minimum atomic E-state index is -4.18. The Balaban J connectivity index is 2.06. The second-order valence-corrected chi connectivity index (χ2v) is 13.5. The number of rotatable bonds is 10. The predicted octanol–water partition coefficient (Wildman–Crippen LogP) is 5.78. The van der Waals surface area contributed by atoms with Crippen LogP contribution in [-0.2, 0) is 26.2 Å². The monoisotopic (exact) mass is 581 g/mol. The Labute approximate surface area is 243 Å². The molecule has 41 heavy (non-hydrogen) atoms. The average molecular weight is 582 g/mol. The maximum absolute atomic E-state index is 14.7. The zero-order valence-electron chi connectivity index (χ0n) is 24.8. The van der Waals surface area contributed by atoms with Gasteiger partial charge in [0.05, 0.1) is 10.6 Å². The van der Waals surface area contributed by atoms with Crippen molar-refractivity contribution in [3.8, 4) is 0 Å². The van der Waals surface area contributed by atoms with Crippen LogP contribution in [0.2, 0.25) is 0 Å². The highest BCUT2D eigenvalue weighted by molar-refractivity contribution is 7.92. The van der Waals surface area contributed by atoms with E-state index in [1.165, 1.54) is 35.2 Å². The van der Waals surface area contributed by atoms with Gasteiger partial charge in [0.2, 0.25) is 11.8 Å². The normalized spacial score (nSPS) is 12.6. The van der Waals surface area contributed by atoms with Crippen molar-refractivity contribution in [1.82, 2.24) is 10.2 Å². The van der Waals surface area contributed by atoms with Gasteiger partial charge in [0.1, 0.15) is 18.4 Å². The number of nitrogens with one attached hydrogen (secondary N) is 1.